The normalized spacial score (nSPS) is 10.4. The Morgan fingerprint density at radius 2 is 1.50 bits per heavy atom. The van der Waals surface area contributed by atoms with Crippen molar-refractivity contribution < 1.29 is 4.79 Å². The first kappa shape index (κ1) is 10.7. The van der Waals surface area contributed by atoms with E-state index < -0.39 is 0 Å². The van der Waals surface area contributed by atoms with E-state index in [0.717, 1.165) is 10.8 Å². The van der Waals surface area contributed by atoms with Gasteiger partial charge >= 0.3 is 0 Å². The van der Waals surface area contributed by atoms with Crippen LogP contribution in [0.3, 0.4) is 0 Å². The van der Waals surface area contributed by atoms with Gasteiger partial charge in [0, 0.05) is 17.2 Å². The largest absolute Gasteiger partial charge is 0.289 e. The van der Waals surface area contributed by atoms with Crippen LogP contribution in [0.2, 0.25) is 0 Å². The molecule has 3 aromatic rings. The molecule has 1 radical (unpaired) electrons. The molecule has 0 unspecified atom stereocenters. The van der Waals surface area contributed by atoms with E-state index in [9.17, 15) is 4.79 Å². The lowest BCUT2D eigenvalue weighted by Gasteiger charge is -2.02. The summed E-state index contributed by atoms with van der Waals surface area (Å²) in [4.78, 5) is 12.3. The first-order valence-corrected chi connectivity index (χ1v) is 5.85. The van der Waals surface area contributed by atoms with Gasteiger partial charge in [-0.2, -0.15) is 0 Å². The number of carbonyl (C=O) groups excluding carboxylic acids is 1. The number of benzene rings is 3. The third kappa shape index (κ3) is 1.91. The van der Waals surface area contributed by atoms with Gasteiger partial charge in [-0.15, -0.1) is 0 Å². The van der Waals surface area contributed by atoms with Crippen molar-refractivity contribution in [3.8, 4) is 0 Å². The van der Waals surface area contributed by atoms with Gasteiger partial charge in [0.1, 0.15) is 0 Å². The van der Waals surface area contributed by atoms with Crippen molar-refractivity contribution >= 4 is 16.6 Å². The highest BCUT2D eigenvalue weighted by atomic mass is 16.1. The molecule has 85 valence electrons. The summed E-state index contributed by atoms with van der Waals surface area (Å²) in [7, 11) is 0. The monoisotopic (exact) mass is 231 g/mol. The lowest BCUT2D eigenvalue weighted by atomic mass is 10.0. The van der Waals surface area contributed by atoms with Crippen LogP contribution in [0.4, 0.5) is 0 Å². The maximum atomic E-state index is 12.3. The molecule has 0 N–H and O–H groups in total. The fraction of sp³-hybridized carbons (Fsp3) is 0. The van der Waals surface area contributed by atoms with Crippen LogP contribution in [-0.4, -0.2) is 5.78 Å². The van der Waals surface area contributed by atoms with Crippen molar-refractivity contribution in [2.24, 2.45) is 0 Å². The summed E-state index contributed by atoms with van der Waals surface area (Å²) in [5.74, 6) is 0.0151. The molecule has 0 aliphatic rings. The molecule has 0 heterocycles. The smallest absolute Gasteiger partial charge is 0.193 e. The summed E-state index contributed by atoms with van der Waals surface area (Å²) in [6.45, 7) is 0. The standard InChI is InChI=1S/C17H11O/c18-17(14-7-2-1-3-8-14)16-11-10-13-6-4-5-9-15(13)12-16/h1-11H. The average Bonchev–Trinajstić information content (AvgIpc) is 2.47. The number of carbonyl (C=O) groups is 1. The first-order chi connectivity index (χ1) is 8.84. The average molecular weight is 231 g/mol. The second kappa shape index (κ2) is 4.46. The van der Waals surface area contributed by atoms with Crippen LogP contribution in [0.15, 0.2) is 66.7 Å². The van der Waals surface area contributed by atoms with Crippen LogP contribution >= 0.6 is 0 Å². The van der Waals surface area contributed by atoms with Crippen LogP contribution in [0, 0.1) is 6.07 Å². The zero-order valence-electron chi connectivity index (χ0n) is 9.76. The molecule has 0 fully saturated rings. The van der Waals surface area contributed by atoms with Gasteiger partial charge in [-0.05, 0) is 16.8 Å². The maximum absolute atomic E-state index is 12.3. The lowest BCUT2D eigenvalue weighted by Crippen LogP contribution is -2.00. The Hall–Kier alpha value is -2.41. The van der Waals surface area contributed by atoms with E-state index in [4.69, 9.17) is 0 Å². The van der Waals surface area contributed by atoms with Crippen molar-refractivity contribution in [1.29, 1.82) is 0 Å². The zero-order chi connectivity index (χ0) is 12.4. The maximum Gasteiger partial charge on any atom is 0.193 e. The van der Waals surface area contributed by atoms with E-state index in [0.29, 0.717) is 11.1 Å². The Morgan fingerprint density at radius 1 is 0.778 bits per heavy atom. The molecule has 3 rings (SSSR count). The third-order valence-corrected chi connectivity index (χ3v) is 2.94. The van der Waals surface area contributed by atoms with Gasteiger partial charge in [0.25, 0.3) is 0 Å². The highest BCUT2D eigenvalue weighted by Crippen LogP contribution is 2.17. The molecule has 0 saturated heterocycles. The number of rotatable bonds is 2. The number of hydrogen-bond acceptors (Lipinski definition) is 1. The molecular weight excluding hydrogens is 220 g/mol. The van der Waals surface area contributed by atoms with Crippen molar-refractivity contribution in [1.82, 2.24) is 0 Å². The van der Waals surface area contributed by atoms with Gasteiger partial charge in [-0.3, -0.25) is 4.79 Å². The fourth-order valence-corrected chi connectivity index (χ4v) is 1.99. The topological polar surface area (TPSA) is 17.1 Å². The summed E-state index contributed by atoms with van der Waals surface area (Å²) >= 11 is 0. The summed E-state index contributed by atoms with van der Waals surface area (Å²) < 4.78 is 0. The van der Waals surface area contributed by atoms with E-state index in [1.807, 2.05) is 66.7 Å². The molecule has 18 heavy (non-hydrogen) atoms. The van der Waals surface area contributed by atoms with E-state index >= 15 is 0 Å². The van der Waals surface area contributed by atoms with E-state index in [2.05, 4.69) is 6.07 Å². The van der Waals surface area contributed by atoms with Gasteiger partial charge in [-0.1, -0.05) is 60.7 Å². The lowest BCUT2D eigenvalue weighted by molar-refractivity contribution is 0.103. The molecule has 0 bridgehead atoms. The van der Waals surface area contributed by atoms with E-state index in [1.165, 1.54) is 0 Å². The molecule has 1 nitrogen and oxygen atoms in total. The minimum atomic E-state index is 0.0151. The van der Waals surface area contributed by atoms with Gasteiger partial charge in [0.15, 0.2) is 5.78 Å². The van der Waals surface area contributed by atoms with Crippen molar-refractivity contribution in [3.05, 3.63) is 83.9 Å². The molecule has 0 aromatic heterocycles. The second-order valence-electron chi connectivity index (χ2n) is 4.15. The molecule has 0 aliphatic carbocycles. The second-order valence-corrected chi connectivity index (χ2v) is 4.15. The Morgan fingerprint density at radius 3 is 2.33 bits per heavy atom. The quantitative estimate of drug-likeness (QED) is 0.612. The fourth-order valence-electron chi connectivity index (χ4n) is 1.99. The molecule has 1 heteroatoms. The summed E-state index contributed by atoms with van der Waals surface area (Å²) in [6.07, 6.45) is 0. The van der Waals surface area contributed by atoms with E-state index in [1.54, 1.807) is 0 Å². The summed E-state index contributed by atoms with van der Waals surface area (Å²) in [6, 6.07) is 24.2. The van der Waals surface area contributed by atoms with Crippen LogP contribution in [0.5, 0.6) is 0 Å². The first-order valence-electron chi connectivity index (χ1n) is 5.85. The van der Waals surface area contributed by atoms with Crippen molar-refractivity contribution in [2.75, 3.05) is 0 Å². The van der Waals surface area contributed by atoms with Gasteiger partial charge in [-0.25, -0.2) is 0 Å². The molecule has 0 spiro atoms. The Bertz CT molecular complexity index is 699. The summed E-state index contributed by atoms with van der Waals surface area (Å²) in [5.41, 5.74) is 1.31. The van der Waals surface area contributed by atoms with Crippen molar-refractivity contribution in [2.45, 2.75) is 0 Å². The highest BCUT2D eigenvalue weighted by Gasteiger charge is 2.08. The molecule has 0 atom stereocenters. The predicted molar refractivity (Wildman–Crippen MR) is 72.7 cm³/mol. The Balaban J connectivity index is 2.07. The van der Waals surface area contributed by atoms with Gasteiger partial charge in [0.2, 0.25) is 0 Å². The minimum absolute atomic E-state index is 0.0151. The highest BCUT2D eigenvalue weighted by molar-refractivity contribution is 6.10. The number of hydrogen-bond donors (Lipinski definition) is 0. The molecule has 0 amide bonds. The molecular formula is C17H11O. The van der Waals surface area contributed by atoms with Crippen LogP contribution in [0.1, 0.15) is 15.9 Å². The Labute approximate surface area is 106 Å². The SMILES string of the molecule is O=C(c1[c]c2ccccc2cc1)c1ccccc1. The van der Waals surface area contributed by atoms with Crippen LogP contribution in [0.25, 0.3) is 10.8 Å². The molecule has 3 aromatic carbocycles. The third-order valence-electron chi connectivity index (χ3n) is 2.94. The van der Waals surface area contributed by atoms with Crippen LogP contribution in [-0.2, 0) is 0 Å². The van der Waals surface area contributed by atoms with Gasteiger partial charge < -0.3 is 0 Å². The van der Waals surface area contributed by atoms with Gasteiger partial charge in [0.05, 0.1) is 0 Å². The minimum Gasteiger partial charge on any atom is -0.289 e. The summed E-state index contributed by atoms with van der Waals surface area (Å²) in [5, 5.41) is 2.07. The molecule has 0 aliphatic heterocycles. The van der Waals surface area contributed by atoms with Crippen molar-refractivity contribution in [3.63, 3.8) is 0 Å². The number of ketones is 1. The Kier molecular flexibility index (Phi) is 2.66. The number of fused-ring (bicyclic) bond motifs is 1. The van der Waals surface area contributed by atoms with E-state index in [-0.39, 0.29) is 5.78 Å². The van der Waals surface area contributed by atoms with Crippen LogP contribution < -0.4 is 0 Å². The molecule has 0 saturated carbocycles. The predicted octanol–water partition coefficient (Wildman–Crippen LogP) is 3.87. The zero-order valence-corrected chi connectivity index (χ0v) is 9.76.